The topological polar surface area (TPSA) is 64.5 Å². The monoisotopic (exact) mass is 116 g/mol. The van der Waals surface area contributed by atoms with Gasteiger partial charge in [-0.1, -0.05) is 13.2 Å². The molecule has 0 fully saturated rings. The summed E-state index contributed by atoms with van der Waals surface area (Å²) in [5.41, 5.74) is 3.66. The molecule has 0 atom stereocenters. The molecule has 4 N–H and O–H groups in total. The van der Waals surface area contributed by atoms with Gasteiger partial charge in [-0.2, -0.15) is 0 Å². The Hall–Kier alpha value is -1.00. The van der Waals surface area contributed by atoms with Gasteiger partial charge in [-0.25, -0.2) is 0 Å². The van der Waals surface area contributed by atoms with Gasteiger partial charge in [0.2, 0.25) is 0 Å². The molecule has 0 spiro atoms. The normalized spacial score (nSPS) is 7.75. The second kappa shape index (κ2) is 3.06. The van der Waals surface area contributed by atoms with Crippen LogP contribution in [0.15, 0.2) is 24.6 Å². The molecule has 8 heavy (non-hydrogen) atoms. The van der Waals surface area contributed by atoms with Crippen LogP contribution in [-0.2, 0) is 0 Å². The van der Waals surface area contributed by atoms with Crippen molar-refractivity contribution in [1.82, 2.24) is 11.0 Å². The summed E-state index contributed by atoms with van der Waals surface area (Å²) < 4.78 is 0. The fourth-order valence-corrected chi connectivity index (χ4v) is 0.135. The SMILES string of the molecule is C=C(NO)C(=C)NO. The van der Waals surface area contributed by atoms with Crippen LogP contribution in [0.25, 0.3) is 0 Å². The van der Waals surface area contributed by atoms with Gasteiger partial charge < -0.3 is 0 Å². The second-order valence-electron chi connectivity index (χ2n) is 1.18. The number of hydrogen-bond donors (Lipinski definition) is 4. The quantitative estimate of drug-likeness (QED) is 0.309. The van der Waals surface area contributed by atoms with Crippen molar-refractivity contribution in [3.63, 3.8) is 0 Å². The lowest BCUT2D eigenvalue weighted by molar-refractivity contribution is 0.175. The van der Waals surface area contributed by atoms with Crippen molar-refractivity contribution in [2.45, 2.75) is 0 Å². The van der Waals surface area contributed by atoms with Crippen molar-refractivity contribution in [1.29, 1.82) is 0 Å². The van der Waals surface area contributed by atoms with E-state index < -0.39 is 0 Å². The maximum absolute atomic E-state index is 8.07. The van der Waals surface area contributed by atoms with Crippen LogP contribution in [0.5, 0.6) is 0 Å². The first-order chi connectivity index (χ1) is 3.72. The third-order valence-electron chi connectivity index (χ3n) is 0.634. The van der Waals surface area contributed by atoms with E-state index in [-0.39, 0.29) is 11.4 Å². The first-order valence-electron chi connectivity index (χ1n) is 1.90. The molecular formula is C4H8N2O2. The van der Waals surface area contributed by atoms with E-state index in [1.165, 1.54) is 0 Å². The van der Waals surface area contributed by atoms with Crippen LogP contribution in [0.1, 0.15) is 0 Å². The Kier molecular flexibility index (Phi) is 2.68. The molecule has 46 valence electrons. The minimum Gasteiger partial charge on any atom is -0.291 e. The Balaban J connectivity index is 3.64. The smallest absolute Gasteiger partial charge is 0.0778 e. The fourth-order valence-electron chi connectivity index (χ4n) is 0.135. The predicted molar refractivity (Wildman–Crippen MR) is 28.1 cm³/mol. The largest absolute Gasteiger partial charge is 0.291 e. The summed E-state index contributed by atoms with van der Waals surface area (Å²) in [5, 5.41) is 16.1. The second-order valence-corrected chi connectivity index (χ2v) is 1.18. The molecule has 0 aliphatic carbocycles. The highest BCUT2D eigenvalue weighted by atomic mass is 16.5. The molecule has 0 aliphatic heterocycles. The zero-order valence-corrected chi connectivity index (χ0v) is 4.31. The number of hydrogen-bond acceptors (Lipinski definition) is 4. The summed E-state index contributed by atoms with van der Waals surface area (Å²) in [6.45, 7) is 6.52. The molecule has 0 aliphatic rings. The van der Waals surface area contributed by atoms with Crippen LogP contribution in [0.4, 0.5) is 0 Å². The average molecular weight is 116 g/mol. The van der Waals surface area contributed by atoms with E-state index in [0.717, 1.165) is 0 Å². The van der Waals surface area contributed by atoms with Crippen LogP contribution in [0.3, 0.4) is 0 Å². The highest BCUT2D eigenvalue weighted by molar-refractivity contribution is 5.18. The van der Waals surface area contributed by atoms with Crippen LogP contribution in [0.2, 0.25) is 0 Å². The molecule has 0 unspecified atom stereocenters. The summed E-state index contributed by atoms with van der Waals surface area (Å²) >= 11 is 0. The van der Waals surface area contributed by atoms with Crippen molar-refractivity contribution in [3.05, 3.63) is 24.6 Å². The molecule has 4 nitrogen and oxygen atoms in total. The molecule has 0 radical (unpaired) electrons. The minimum atomic E-state index is 0.132. The Morgan fingerprint density at radius 2 is 1.25 bits per heavy atom. The molecule has 0 amide bonds. The number of nitrogens with one attached hydrogen (secondary N) is 2. The average Bonchev–Trinajstić information content (AvgIpc) is 1.84. The van der Waals surface area contributed by atoms with Gasteiger partial charge in [-0.05, 0) is 0 Å². The standard InChI is InChI=1S/C4H8N2O2/c1-3(5-7)4(2)6-8/h5-8H,1-2H2. The summed E-state index contributed by atoms with van der Waals surface area (Å²) in [5.74, 6) is 0. The molecular weight excluding hydrogens is 108 g/mol. The van der Waals surface area contributed by atoms with Gasteiger partial charge in [0.1, 0.15) is 0 Å². The van der Waals surface area contributed by atoms with E-state index in [1.54, 1.807) is 11.0 Å². The number of rotatable bonds is 3. The van der Waals surface area contributed by atoms with Crippen molar-refractivity contribution in [2.75, 3.05) is 0 Å². The Labute approximate surface area is 47.1 Å². The Bertz CT molecular complexity index is 96.6. The molecule has 0 saturated carbocycles. The summed E-state index contributed by atoms with van der Waals surface area (Å²) in [6, 6.07) is 0. The van der Waals surface area contributed by atoms with Gasteiger partial charge >= 0.3 is 0 Å². The molecule has 0 aromatic rings. The zero-order chi connectivity index (χ0) is 6.57. The molecule has 0 aromatic carbocycles. The summed E-state index contributed by atoms with van der Waals surface area (Å²) in [4.78, 5) is 0. The molecule has 4 heteroatoms. The van der Waals surface area contributed by atoms with Gasteiger partial charge in [0.15, 0.2) is 0 Å². The van der Waals surface area contributed by atoms with Crippen molar-refractivity contribution in [2.24, 2.45) is 0 Å². The first kappa shape index (κ1) is 7.00. The predicted octanol–water partition coefficient (Wildman–Crippen LogP) is -0.0286. The maximum Gasteiger partial charge on any atom is 0.0778 e. The third-order valence-corrected chi connectivity index (χ3v) is 0.634. The molecule has 0 aromatic heterocycles. The van der Waals surface area contributed by atoms with E-state index in [4.69, 9.17) is 10.4 Å². The maximum atomic E-state index is 8.07. The first-order valence-corrected chi connectivity index (χ1v) is 1.90. The van der Waals surface area contributed by atoms with Gasteiger partial charge in [0, 0.05) is 0 Å². The van der Waals surface area contributed by atoms with Gasteiger partial charge in [0.05, 0.1) is 11.4 Å². The summed E-state index contributed by atoms with van der Waals surface area (Å²) in [7, 11) is 0. The van der Waals surface area contributed by atoms with Crippen LogP contribution in [0, 0.1) is 0 Å². The lowest BCUT2D eigenvalue weighted by Crippen LogP contribution is -2.16. The molecule has 0 rings (SSSR count). The van der Waals surface area contributed by atoms with Crippen LogP contribution >= 0.6 is 0 Å². The summed E-state index contributed by atoms with van der Waals surface area (Å²) in [6.07, 6.45) is 0. The highest BCUT2D eigenvalue weighted by Crippen LogP contribution is 1.91. The van der Waals surface area contributed by atoms with E-state index in [9.17, 15) is 0 Å². The molecule has 0 saturated heterocycles. The van der Waals surface area contributed by atoms with Crippen LogP contribution in [-0.4, -0.2) is 10.4 Å². The Morgan fingerprint density at radius 1 is 1.00 bits per heavy atom. The third kappa shape index (κ3) is 1.63. The fraction of sp³-hybridized carbons (Fsp3) is 0. The molecule has 0 heterocycles. The van der Waals surface area contributed by atoms with E-state index in [1.807, 2.05) is 0 Å². The van der Waals surface area contributed by atoms with Gasteiger partial charge in [0.25, 0.3) is 0 Å². The van der Waals surface area contributed by atoms with Gasteiger partial charge in [-0.3, -0.25) is 21.4 Å². The van der Waals surface area contributed by atoms with Crippen LogP contribution < -0.4 is 11.0 Å². The van der Waals surface area contributed by atoms with E-state index >= 15 is 0 Å². The van der Waals surface area contributed by atoms with Gasteiger partial charge in [-0.15, -0.1) is 0 Å². The minimum absolute atomic E-state index is 0.132. The van der Waals surface area contributed by atoms with E-state index in [2.05, 4.69) is 13.2 Å². The lowest BCUT2D eigenvalue weighted by Gasteiger charge is -2.02. The Morgan fingerprint density at radius 3 is 1.38 bits per heavy atom. The van der Waals surface area contributed by atoms with E-state index in [0.29, 0.717) is 0 Å². The van der Waals surface area contributed by atoms with Crippen molar-refractivity contribution in [3.8, 4) is 0 Å². The van der Waals surface area contributed by atoms with Crippen molar-refractivity contribution >= 4 is 0 Å². The molecule has 0 bridgehead atoms. The zero-order valence-electron chi connectivity index (χ0n) is 4.31. The number of hydroxylamine groups is 2. The van der Waals surface area contributed by atoms with Crippen molar-refractivity contribution < 1.29 is 10.4 Å². The highest BCUT2D eigenvalue weighted by Gasteiger charge is 1.91. The lowest BCUT2D eigenvalue weighted by atomic mass is 10.4.